The minimum atomic E-state index is 0.622. The molecule has 0 radical (unpaired) electrons. The number of nitrogens with one attached hydrogen (secondary N) is 1. The predicted octanol–water partition coefficient (Wildman–Crippen LogP) is 3.83. The first-order valence-electron chi connectivity index (χ1n) is 5.92. The highest BCUT2D eigenvalue weighted by atomic mass is 32.1. The molecular formula is C13H23NS. The zero-order valence-electron chi connectivity index (χ0n) is 10.3. The quantitative estimate of drug-likeness (QED) is 0.776. The van der Waals surface area contributed by atoms with E-state index in [9.17, 15) is 0 Å². The van der Waals surface area contributed by atoms with Gasteiger partial charge in [-0.2, -0.15) is 0 Å². The Hall–Kier alpha value is -0.340. The third-order valence-electron chi connectivity index (χ3n) is 2.52. The van der Waals surface area contributed by atoms with E-state index in [0.29, 0.717) is 6.04 Å². The molecule has 86 valence electrons. The molecule has 1 aromatic heterocycles. The van der Waals surface area contributed by atoms with E-state index in [-0.39, 0.29) is 0 Å². The number of rotatable bonds is 6. The molecule has 0 saturated heterocycles. The number of hydrogen-bond donors (Lipinski definition) is 1. The van der Waals surface area contributed by atoms with Crippen LogP contribution in [0.25, 0.3) is 0 Å². The van der Waals surface area contributed by atoms with E-state index in [2.05, 4.69) is 45.1 Å². The Kier molecular flexibility index (Phi) is 5.34. The van der Waals surface area contributed by atoms with Crippen molar-refractivity contribution < 1.29 is 0 Å². The fraction of sp³-hybridized carbons (Fsp3) is 0.692. The molecule has 0 amide bonds. The van der Waals surface area contributed by atoms with E-state index in [1.165, 1.54) is 16.2 Å². The van der Waals surface area contributed by atoms with Crippen LogP contribution in [0, 0.1) is 5.92 Å². The number of thiophene rings is 1. The summed E-state index contributed by atoms with van der Waals surface area (Å²) in [6, 6.07) is 5.12. The Bertz CT molecular complexity index is 278. The van der Waals surface area contributed by atoms with Crippen molar-refractivity contribution in [3.05, 3.63) is 21.9 Å². The van der Waals surface area contributed by atoms with Crippen molar-refractivity contribution >= 4 is 11.3 Å². The Morgan fingerprint density at radius 1 is 1.20 bits per heavy atom. The molecule has 0 fully saturated rings. The summed E-state index contributed by atoms with van der Waals surface area (Å²) in [6.45, 7) is 10.1. The first-order chi connectivity index (χ1) is 7.11. The zero-order chi connectivity index (χ0) is 11.3. The second-order valence-corrected chi connectivity index (χ2v) is 5.89. The van der Waals surface area contributed by atoms with Crippen LogP contribution in [-0.4, -0.2) is 6.04 Å². The predicted molar refractivity (Wildman–Crippen MR) is 69.5 cm³/mol. The van der Waals surface area contributed by atoms with Crippen LogP contribution in [0.1, 0.15) is 43.9 Å². The first-order valence-corrected chi connectivity index (χ1v) is 6.74. The van der Waals surface area contributed by atoms with Gasteiger partial charge >= 0.3 is 0 Å². The van der Waals surface area contributed by atoms with Gasteiger partial charge in [-0.3, -0.25) is 0 Å². The van der Waals surface area contributed by atoms with E-state index in [0.717, 1.165) is 18.9 Å². The molecule has 0 spiro atoms. The summed E-state index contributed by atoms with van der Waals surface area (Å²) < 4.78 is 0. The second-order valence-electron chi connectivity index (χ2n) is 4.63. The van der Waals surface area contributed by atoms with Gasteiger partial charge < -0.3 is 5.32 Å². The van der Waals surface area contributed by atoms with Crippen LogP contribution in [-0.2, 0) is 13.0 Å². The van der Waals surface area contributed by atoms with Gasteiger partial charge in [0.15, 0.2) is 0 Å². The average Bonchev–Trinajstić information content (AvgIpc) is 2.61. The maximum atomic E-state index is 3.58. The second kappa shape index (κ2) is 6.29. The lowest BCUT2D eigenvalue weighted by Crippen LogP contribution is -2.26. The minimum Gasteiger partial charge on any atom is -0.309 e. The molecule has 1 aromatic rings. The maximum Gasteiger partial charge on any atom is 0.0302 e. The van der Waals surface area contributed by atoms with Crippen LogP contribution in [0.15, 0.2) is 12.1 Å². The first kappa shape index (κ1) is 12.7. The Balaban J connectivity index is 2.30. The lowest BCUT2D eigenvalue weighted by Gasteiger charge is -2.15. The smallest absolute Gasteiger partial charge is 0.0302 e. The molecule has 1 unspecified atom stereocenters. The van der Waals surface area contributed by atoms with Gasteiger partial charge in [0.2, 0.25) is 0 Å². The van der Waals surface area contributed by atoms with E-state index >= 15 is 0 Å². The molecule has 0 aromatic carbocycles. The van der Waals surface area contributed by atoms with Crippen LogP contribution in [0.3, 0.4) is 0 Å². The van der Waals surface area contributed by atoms with Gasteiger partial charge in [-0.25, -0.2) is 0 Å². The molecule has 1 nitrogen and oxygen atoms in total. The summed E-state index contributed by atoms with van der Waals surface area (Å²) in [6.07, 6.45) is 2.41. The Morgan fingerprint density at radius 3 is 2.40 bits per heavy atom. The molecule has 1 atom stereocenters. The highest BCUT2D eigenvalue weighted by Gasteiger charge is 2.05. The standard InChI is InChI=1S/C13H23NS/c1-5-12-6-7-13(15-12)9-14-11(4)8-10(2)3/h6-7,10-11,14H,5,8-9H2,1-4H3. The molecule has 15 heavy (non-hydrogen) atoms. The molecule has 0 saturated carbocycles. The van der Waals surface area contributed by atoms with Gasteiger partial charge in [0, 0.05) is 22.3 Å². The van der Waals surface area contributed by atoms with Crippen molar-refractivity contribution in [2.75, 3.05) is 0 Å². The SMILES string of the molecule is CCc1ccc(CNC(C)CC(C)C)s1. The van der Waals surface area contributed by atoms with Crippen LogP contribution in [0.2, 0.25) is 0 Å². The van der Waals surface area contributed by atoms with E-state index in [1.807, 2.05) is 11.3 Å². The topological polar surface area (TPSA) is 12.0 Å². The zero-order valence-corrected chi connectivity index (χ0v) is 11.2. The molecule has 0 bridgehead atoms. The molecule has 0 aliphatic heterocycles. The highest BCUT2D eigenvalue weighted by molar-refractivity contribution is 7.11. The molecule has 2 heteroatoms. The van der Waals surface area contributed by atoms with Crippen molar-refractivity contribution in [1.82, 2.24) is 5.32 Å². The van der Waals surface area contributed by atoms with Gasteiger partial charge in [-0.15, -0.1) is 11.3 Å². The lowest BCUT2D eigenvalue weighted by molar-refractivity contribution is 0.443. The van der Waals surface area contributed by atoms with Crippen molar-refractivity contribution in [2.45, 2.75) is 53.1 Å². The number of hydrogen-bond acceptors (Lipinski definition) is 2. The summed E-state index contributed by atoms with van der Waals surface area (Å²) in [4.78, 5) is 2.95. The van der Waals surface area contributed by atoms with Gasteiger partial charge in [0.05, 0.1) is 0 Å². The summed E-state index contributed by atoms with van der Waals surface area (Å²) in [5, 5.41) is 3.58. The fourth-order valence-electron chi connectivity index (χ4n) is 1.77. The third kappa shape index (κ3) is 4.80. The van der Waals surface area contributed by atoms with Crippen molar-refractivity contribution in [3.63, 3.8) is 0 Å². The number of aryl methyl sites for hydroxylation is 1. The largest absolute Gasteiger partial charge is 0.309 e. The Labute approximate surface area is 97.9 Å². The van der Waals surface area contributed by atoms with E-state index in [4.69, 9.17) is 0 Å². The minimum absolute atomic E-state index is 0.622. The molecule has 1 rings (SSSR count). The van der Waals surface area contributed by atoms with E-state index in [1.54, 1.807) is 0 Å². The highest BCUT2D eigenvalue weighted by Crippen LogP contribution is 2.17. The van der Waals surface area contributed by atoms with Crippen LogP contribution < -0.4 is 5.32 Å². The average molecular weight is 225 g/mol. The summed E-state index contributed by atoms with van der Waals surface area (Å²) in [5.41, 5.74) is 0. The third-order valence-corrected chi connectivity index (χ3v) is 3.75. The van der Waals surface area contributed by atoms with Crippen molar-refractivity contribution in [3.8, 4) is 0 Å². The summed E-state index contributed by atoms with van der Waals surface area (Å²) in [7, 11) is 0. The molecule has 0 aliphatic rings. The lowest BCUT2D eigenvalue weighted by atomic mass is 10.1. The van der Waals surface area contributed by atoms with Gasteiger partial charge in [0.1, 0.15) is 0 Å². The molecule has 1 N–H and O–H groups in total. The monoisotopic (exact) mass is 225 g/mol. The fourth-order valence-corrected chi connectivity index (χ4v) is 2.68. The van der Waals surface area contributed by atoms with Crippen molar-refractivity contribution in [1.29, 1.82) is 0 Å². The van der Waals surface area contributed by atoms with E-state index < -0.39 is 0 Å². The van der Waals surface area contributed by atoms with Crippen LogP contribution in [0.4, 0.5) is 0 Å². The normalized spacial score (nSPS) is 13.4. The van der Waals surface area contributed by atoms with Gasteiger partial charge in [0.25, 0.3) is 0 Å². The van der Waals surface area contributed by atoms with Gasteiger partial charge in [-0.1, -0.05) is 20.8 Å². The molecule has 0 aliphatic carbocycles. The van der Waals surface area contributed by atoms with Crippen molar-refractivity contribution in [2.24, 2.45) is 5.92 Å². The van der Waals surface area contributed by atoms with Crippen LogP contribution >= 0.6 is 11.3 Å². The van der Waals surface area contributed by atoms with Crippen LogP contribution in [0.5, 0.6) is 0 Å². The summed E-state index contributed by atoms with van der Waals surface area (Å²) >= 11 is 1.93. The molecule has 1 heterocycles. The van der Waals surface area contributed by atoms with Gasteiger partial charge in [-0.05, 0) is 37.8 Å². The summed E-state index contributed by atoms with van der Waals surface area (Å²) in [5.74, 6) is 0.780. The Morgan fingerprint density at radius 2 is 1.87 bits per heavy atom. The maximum absolute atomic E-state index is 3.58. The molecular weight excluding hydrogens is 202 g/mol.